The molecule has 0 heterocycles. The Kier molecular flexibility index (Phi) is 5.88. The van der Waals surface area contributed by atoms with Crippen LogP contribution in [0.15, 0.2) is 23.3 Å². The first-order valence-electron chi connectivity index (χ1n) is 10.6. The first-order valence-corrected chi connectivity index (χ1v) is 10.6. The second kappa shape index (κ2) is 7.71. The third-order valence-electron chi connectivity index (χ3n) is 7.63. The number of fused-ring (bicyclic) bond motifs is 3. The van der Waals surface area contributed by atoms with E-state index < -0.39 is 11.5 Å². The number of hydrogen-bond donors (Lipinski definition) is 2. The molecule has 2 fully saturated rings. The molecular weight excluding hydrogens is 340 g/mol. The van der Waals surface area contributed by atoms with Gasteiger partial charge in [0.25, 0.3) is 0 Å². The highest BCUT2D eigenvalue weighted by molar-refractivity contribution is 5.77. The van der Waals surface area contributed by atoms with E-state index >= 15 is 0 Å². The predicted octanol–water partition coefficient (Wildman–Crippen LogP) is 4.02. The number of allylic oxidation sites excluding steroid dienone is 4. The molecule has 4 heteroatoms. The van der Waals surface area contributed by atoms with E-state index in [0.717, 1.165) is 38.5 Å². The zero-order valence-electron chi connectivity index (χ0n) is 17.3. The normalized spacial score (nSPS) is 37.0. The Labute approximate surface area is 163 Å². The van der Waals surface area contributed by atoms with E-state index in [0.29, 0.717) is 17.8 Å². The SMILES string of the molecule is CC(C)C1=CCC2C(=C1)CCC1C(C)(C(=O)OCC(O)CO)CCCC21C. The van der Waals surface area contributed by atoms with Gasteiger partial charge in [-0.25, -0.2) is 0 Å². The number of carbonyl (C=O) groups is 1. The van der Waals surface area contributed by atoms with Crippen molar-refractivity contribution < 1.29 is 19.7 Å². The van der Waals surface area contributed by atoms with E-state index in [9.17, 15) is 9.90 Å². The van der Waals surface area contributed by atoms with Gasteiger partial charge in [0.15, 0.2) is 0 Å². The molecule has 27 heavy (non-hydrogen) atoms. The summed E-state index contributed by atoms with van der Waals surface area (Å²) in [6.45, 7) is 8.46. The Hall–Kier alpha value is -1.13. The van der Waals surface area contributed by atoms with Gasteiger partial charge >= 0.3 is 5.97 Å². The molecule has 3 aliphatic rings. The molecule has 0 aromatic rings. The third-order valence-corrected chi connectivity index (χ3v) is 7.63. The van der Waals surface area contributed by atoms with Gasteiger partial charge in [-0.15, -0.1) is 0 Å². The molecule has 4 nitrogen and oxygen atoms in total. The van der Waals surface area contributed by atoms with Gasteiger partial charge in [-0.05, 0) is 67.8 Å². The van der Waals surface area contributed by atoms with Crippen molar-refractivity contribution in [2.45, 2.75) is 72.3 Å². The topological polar surface area (TPSA) is 66.8 Å². The smallest absolute Gasteiger partial charge is 0.312 e. The van der Waals surface area contributed by atoms with Gasteiger partial charge < -0.3 is 14.9 Å². The molecule has 0 aromatic heterocycles. The fourth-order valence-corrected chi connectivity index (χ4v) is 6.04. The Morgan fingerprint density at radius 3 is 2.74 bits per heavy atom. The molecule has 0 amide bonds. The predicted molar refractivity (Wildman–Crippen MR) is 106 cm³/mol. The van der Waals surface area contributed by atoms with Crippen molar-refractivity contribution in [3.05, 3.63) is 23.3 Å². The molecular formula is C23H36O4. The fourth-order valence-electron chi connectivity index (χ4n) is 6.04. The van der Waals surface area contributed by atoms with Crippen LogP contribution in [0.4, 0.5) is 0 Å². The summed E-state index contributed by atoms with van der Waals surface area (Å²) < 4.78 is 5.44. The number of aliphatic hydroxyl groups excluding tert-OH is 2. The number of carbonyl (C=O) groups excluding carboxylic acids is 1. The summed E-state index contributed by atoms with van der Waals surface area (Å²) >= 11 is 0. The Morgan fingerprint density at radius 2 is 2.07 bits per heavy atom. The van der Waals surface area contributed by atoms with Crippen LogP contribution in [0.25, 0.3) is 0 Å². The van der Waals surface area contributed by atoms with Gasteiger partial charge in [-0.1, -0.05) is 44.9 Å². The maximum Gasteiger partial charge on any atom is 0.312 e. The second-order valence-electron chi connectivity index (χ2n) is 9.67. The maximum atomic E-state index is 13.0. The van der Waals surface area contributed by atoms with Gasteiger partial charge in [-0.2, -0.15) is 0 Å². The van der Waals surface area contributed by atoms with Crippen molar-refractivity contribution in [3.8, 4) is 0 Å². The molecule has 2 N–H and O–H groups in total. The van der Waals surface area contributed by atoms with E-state index in [1.807, 2.05) is 0 Å². The van der Waals surface area contributed by atoms with Crippen LogP contribution >= 0.6 is 0 Å². The van der Waals surface area contributed by atoms with Crippen LogP contribution in [0.2, 0.25) is 0 Å². The van der Waals surface area contributed by atoms with Crippen LogP contribution in [0.1, 0.15) is 66.2 Å². The van der Waals surface area contributed by atoms with Gasteiger partial charge in [0.05, 0.1) is 12.0 Å². The summed E-state index contributed by atoms with van der Waals surface area (Å²) in [6, 6.07) is 0. The van der Waals surface area contributed by atoms with Crippen LogP contribution in [-0.4, -0.2) is 35.5 Å². The minimum absolute atomic E-state index is 0.116. The minimum Gasteiger partial charge on any atom is -0.462 e. The van der Waals surface area contributed by atoms with Crippen molar-refractivity contribution in [2.75, 3.05) is 13.2 Å². The van der Waals surface area contributed by atoms with Crippen molar-refractivity contribution in [1.29, 1.82) is 0 Å². The molecule has 3 rings (SSSR count). The largest absolute Gasteiger partial charge is 0.462 e. The van der Waals surface area contributed by atoms with Crippen molar-refractivity contribution in [1.82, 2.24) is 0 Å². The van der Waals surface area contributed by atoms with E-state index in [-0.39, 0.29) is 24.6 Å². The summed E-state index contributed by atoms with van der Waals surface area (Å²) in [4.78, 5) is 13.0. The highest BCUT2D eigenvalue weighted by Gasteiger charge is 2.58. The van der Waals surface area contributed by atoms with E-state index in [1.54, 1.807) is 5.57 Å². The maximum absolute atomic E-state index is 13.0. The number of esters is 1. The number of aliphatic hydroxyl groups is 2. The summed E-state index contributed by atoms with van der Waals surface area (Å²) in [5.74, 6) is 1.18. The zero-order chi connectivity index (χ0) is 19.8. The van der Waals surface area contributed by atoms with Crippen molar-refractivity contribution >= 4 is 5.97 Å². The van der Waals surface area contributed by atoms with Crippen LogP contribution < -0.4 is 0 Å². The average molecular weight is 377 g/mol. The fraction of sp³-hybridized carbons (Fsp3) is 0.783. The van der Waals surface area contributed by atoms with E-state index in [2.05, 4.69) is 39.8 Å². The first kappa shape index (κ1) is 20.6. The second-order valence-corrected chi connectivity index (χ2v) is 9.67. The monoisotopic (exact) mass is 376 g/mol. The molecule has 5 atom stereocenters. The Bertz CT molecular complexity index is 634. The molecule has 152 valence electrons. The van der Waals surface area contributed by atoms with Gasteiger partial charge in [-0.3, -0.25) is 4.79 Å². The average Bonchev–Trinajstić information content (AvgIpc) is 2.65. The quantitative estimate of drug-likeness (QED) is 0.711. The van der Waals surface area contributed by atoms with Crippen LogP contribution in [-0.2, 0) is 9.53 Å². The van der Waals surface area contributed by atoms with E-state index in [4.69, 9.17) is 9.84 Å². The standard InChI is InChI=1S/C23H36O4/c1-15(2)16-6-8-19-17(12-16)7-9-20-22(19,3)10-5-11-23(20,4)21(26)27-14-18(25)13-24/h6,12,15,18-20,24-25H,5,7-11,13-14H2,1-4H3. The lowest BCUT2D eigenvalue weighted by Gasteiger charge is -2.58. The lowest BCUT2D eigenvalue weighted by Crippen LogP contribution is -2.54. The number of rotatable bonds is 5. The lowest BCUT2D eigenvalue weighted by atomic mass is 9.46. The molecule has 0 aromatic carbocycles. The Morgan fingerprint density at radius 1 is 1.33 bits per heavy atom. The summed E-state index contributed by atoms with van der Waals surface area (Å²) in [7, 11) is 0. The molecule has 0 radical (unpaired) electrons. The zero-order valence-corrected chi connectivity index (χ0v) is 17.3. The first-order chi connectivity index (χ1) is 12.7. The summed E-state index contributed by atoms with van der Waals surface area (Å²) in [5, 5.41) is 18.5. The van der Waals surface area contributed by atoms with Crippen molar-refractivity contribution in [2.24, 2.45) is 28.6 Å². The number of hydrogen-bond acceptors (Lipinski definition) is 4. The molecule has 0 spiro atoms. The minimum atomic E-state index is -0.994. The summed E-state index contributed by atoms with van der Waals surface area (Å²) in [6.07, 6.45) is 10.1. The van der Waals surface area contributed by atoms with Crippen LogP contribution in [0.3, 0.4) is 0 Å². The highest BCUT2D eigenvalue weighted by atomic mass is 16.5. The van der Waals surface area contributed by atoms with Crippen LogP contribution in [0.5, 0.6) is 0 Å². The third kappa shape index (κ3) is 3.63. The molecule has 5 unspecified atom stereocenters. The van der Waals surface area contributed by atoms with E-state index in [1.165, 1.54) is 5.57 Å². The van der Waals surface area contributed by atoms with Crippen LogP contribution in [0, 0.1) is 28.6 Å². The Balaban J connectivity index is 1.82. The molecule has 3 aliphatic carbocycles. The molecule has 0 aliphatic heterocycles. The summed E-state index contributed by atoms with van der Waals surface area (Å²) in [5.41, 5.74) is 2.65. The number of ether oxygens (including phenoxy) is 1. The molecule has 0 bridgehead atoms. The van der Waals surface area contributed by atoms with Gasteiger partial charge in [0.2, 0.25) is 0 Å². The highest BCUT2D eigenvalue weighted by Crippen LogP contribution is 2.63. The van der Waals surface area contributed by atoms with Crippen molar-refractivity contribution in [3.63, 3.8) is 0 Å². The lowest BCUT2D eigenvalue weighted by molar-refractivity contribution is -0.174. The molecule has 0 saturated heterocycles. The van der Waals surface area contributed by atoms with Gasteiger partial charge in [0.1, 0.15) is 12.7 Å². The molecule has 2 saturated carbocycles. The van der Waals surface area contributed by atoms with Gasteiger partial charge in [0, 0.05) is 0 Å².